The molecule has 1 amide bonds. The van der Waals surface area contributed by atoms with Gasteiger partial charge >= 0.3 is 0 Å². The molecule has 3 unspecified atom stereocenters. The predicted molar refractivity (Wildman–Crippen MR) is 119 cm³/mol. The van der Waals surface area contributed by atoms with Gasteiger partial charge in [0.2, 0.25) is 5.91 Å². The van der Waals surface area contributed by atoms with Crippen LogP contribution in [0.25, 0.3) is 11.0 Å². The maximum absolute atomic E-state index is 12.9. The van der Waals surface area contributed by atoms with Crippen molar-refractivity contribution in [2.24, 2.45) is 23.5 Å². The van der Waals surface area contributed by atoms with E-state index in [0.29, 0.717) is 17.9 Å². The molecule has 0 spiro atoms. The van der Waals surface area contributed by atoms with Crippen LogP contribution in [0.2, 0.25) is 0 Å². The molecule has 2 saturated carbocycles. The molecule has 1 aliphatic heterocycles. The first-order valence-electron chi connectivity index (χ1n) is 10.3. The van der Waals surface area contributed by atoms with Gasteiger partial charge in [-0.1, -0.05) is 6.42 Å². The lowest BCUT2D eigenvalue weighted by Crippen LogP contribution is -2.48. The zero-order chi connectivity index (χ0) is 18.4. The van der Waals surface area contributed by atoms with Crippen LogP contribution in [0.15, 0.2) is 18.2 Å². The maximum Gasteiger partial charge on any atom is 0.227 e. The van der Waals surface area contributed by atoms with E-state index >= 15 is 0 Å². The van der Waals surface area contributed by atoms with Crippen LogP contribution in [0.5, 0.6) is 0 Å². The number of halogens is 2. The van der Waals surface area contributed by atoms with E-state index in [0.717, 1.165) is 54.8 Å². The molecule has 6 nitrogen and oxygen atoms in total. The van der Waals surface area contributed by atoms with E-state index in [4.69, 9.17) is 10.5 Å². The second-order valence-electron chi connectivity index (χ2n) is 8.54. The highest BCUT2D eigenvalue weighted by Gasteiger charge is 2.40. The molecule has 8 heteroatoms. The quantitative estimate of drug-likeness (QED) is 0.660. The second-order valence-corrected chi connectivity index (χ2v) is 8.54. The summed E-state index contributed by atoms with van der Waals surface area (Å²) in [6.45, 7) is 0.802. The number of hydrogen-bond acceptors (Lipinski definition) is 4. The summed E-state index contributed by atoms with van der Waals surface area (Å²) in [5, 5.41) is 3.13. The third-order valence-corrected chi connectivity index (χ3v) is 6.79. The number of benzene rings is 1. The Balaban J connectivity index is 0.00000120. The number of amides is 1. The number of nitrogens with zero attached hydrogens (tertiary/aromatic N) is 1. The van der Waals surface area contributed by atoms with Gasteiger partial charge in [-0.25, -0.2) is 4.98 Å². The summed E-state index contributed by atoms with van der Waals surface area (Å²) in [7, 11) is 0. The monoisotopic (exact) mass is 440 g/mol. The number of nitrogens with one attached hydrogen (secondary N) is 2. The van der Waals surface area contributed by atoms with Crippen molar-refractivity contribution in [3.63, 3.8) is 0 Å². The summed E-state index contributed by atoms with van der Waals surface area (Å²) in [5.74, 6) is 2.13. The normalized spacial score (nSPS) is 31.0. The Bertz CT molecular complexity index is 838. The summed E-state index contributed by atoms with van der Waals surface area (Å²) >= 11 is 0. The van der Waals surface area contributed by atoms with Crippen molar-refractivity contribution in [1.82, 2.24) is 9.97 Å². The summed E-state index contributed by atoms with van der Waals surface area (Å²) in [5.41, 5.74) is 9.05. The highest BCUT2D eigenvalue weighted by Crippen LogP contribution is 2.42. The number of hydrogen-bond donors (Lipinski definition) is 3. The number of carbonyl (C=O) groups excluding carboxylic acids is 1. The van der Waals surface area contributed by atoms with Gasteiger partial charge in [0.15, 0.2) is 0 Å². The molecule has 1 aromatic heterocycles. The SMILES string of the molecule is Cl.Cl.NC1C2CCCC1CC(C(=O)Nc1ccc3nc(C4CCCO4)[nH]c3c1)C2. The van der Waals surface area contributed by atoms with Crippen molar-refractivity contribution < 1.29 is 9.53 Å². The van der Waals surface area contributed by atoms with Crippen LogP contribution in [-0.2, 0) is 9.53 Å². The van der Waals surface area contributed by atoms with E-state index < -0.39 is 0 Å². The number of H-pyrrole nitrogens is 1. The van der Waals surface area contributed by atoms with Crippen molar-refractivity contribution in [2.75, 3.05) is 11.9 Å². The van der Waals surface area contributed by atoms with Crippen LogP contribution in [0, 0.1) is 17.8 Å². The average molecular weight is 441 g/mol. The minimum Gasteiger partial charge on any atom is -0.370 e. The molecular weight excluding hydrogens is 411 g/mol. The number of aromatic nitrogens is 2. The molecule has 2 aromatic rings. The molecule has 1 saturated heterocycles. The van der Waals surface area contributed by atoms with E-state index in [9.17, 15) is 4.79 Å². The van der Waals surface area contributed by atoms with Crippen LogP contribution >= 0.6 is 24.8 Å². The third kappa shape index (κ3) is 4.41. The number of rotatable bonds is 3. The molecule has 3 fully saturated rings. The van der Waals surface area contributed by atoms with E-state index in [-0.39, 0.29) is 42.7 Å². The maximum atomic E-state index is 12.9. The number of nitrogens with two attached hydrogens (primary N) is 1. The lowest BCUT2D eigenvalue weighted by Gasteiger charge is -2.43. The van der Waals surface area contributed by atoms with Crippen LogP contribution in [0.1, 0.15) is 56.9 Å². The third-order valence-electron chi connectivity index (χ3n) is 6.79. The molecule has 29 heavy (non-hydrogen) atoms. The molecule has 2 aliphatic carbocycles. The zero-order valence-corrected chi connectivity index (χ0v) is 18.1. The van der Waals surface area contributed by atoms with Gasteiger partial charge in [0.25, 0.3) is 0 Å². The van der Waals surface area contributed by atoms with Crippen molar-refractivity contribution >= 4 is 47.4 Å². The fourth-order valence-corrected chi connectivity index (χ4v) is 5.30. The van der Waals surface area contributed by atoms with Gasteiger partial charge in [0, 0.05) is 24.3 Å². The van der Waals surface area contributed by atoms with E-state index in [2.05, 4.69) is 15.3 Å². The van der Waals surface area contributed by atoms with Gasteiger partial charge in [0.1, 0.15) is 11.9 Å². The fraction of sp³-hybridized carbons (Fsp3) is 0.619. The van der Waals surface area contributed by atoms with Crippen LogP contribution in [0.4, 0.5) is 5.69 Å². The van der Waals surface area contributed by atoms with E-state index in [1.54, 1.807) is 0 Å². The zero-order valence-electron chi connectivity index (χ0n) is 16.4. The number of anilines is 1. The molecule has 160 valence electrons. The lowest BCUT2D eigenvalue weighted by molar-refractivity contribution is -0.122. The Labute approximate surface area is 183 Å². The first-order valence-corrected chi connectivity index (χ1v) is 10.3. The standard InChI is InChI=1S/C21H28N4O2.2ClH/c22-19-12-3-1-4-13(19)10-14(9-12)21(26)23-15-6-7-16-17(11-15)25-20(24-16)18-5-2-8-27-18;;/h6-7,11-14,18-19H,1-5,8-10,22H2,(H,23,26)(H,24,25);2*1H. The molecule has 0 radical (unpaired) electrons. The fourth-order valence-electron chi connectivity index (χ4n) is 5.30. The minimum absolute atomic E-state index is 0. The van der Waals surface area contributed by atoms with E-state index in [1.807, 2.05) is 18.2 Å². The average Bonchev–Trinajstić information content (AvgIpc) is 3.30. The number of carbonyl (C=O) groups is 1. The van der Waals surface area contributed by atoms with Crippen molar-refractivity contribution in [3.05, 3.63) is 24.0 Å². The first-order chi connectivity index (χ1) is 13.2. The van der Waals surface area contributed by atoms with Crippen LogP contribution in [0.3, 0.4) is 0 Å². The summed E-state index contributed by atoms with van der Waals surface area (Å²) < 4.78 is 5.71. The molecule has 5 rings (SSSR count). The van der Waals surface area contributed by atoms with Crippen LogP contribution in [-0.4, -0.2) is 28.5 Å². The lowest BCUT2D eigenvalue weighted by atomic mass is 9.65. The van der Waals surface area contributed by atoms with Gasteiger partial charge < -0.3 is 20.8 Å². The van der Waals surface area contributed by atoms with Crippen LogP contribution < -0.4 is 11.1 Å². The van der Waals surface area contributed by atoms with Crippen molar-refractivity contribution in [3.8, 4) is 0 Å². The van der Waals surface area contributed by atoms with E-state index in [1.165, 1.54) is 19.3 Å². The van der Waals surface area contributed by atoms with Crippen molar-refractivity contribution in [2.45, 2.75) is 57.1 Å². The summed E-state index contributed by atoms with van der Waals surface area (Å²) in [6.07, 6.45) is 7.63. The molecule has 3 aliphatic rings. The number of aromatic amines is 1. The van der Waals surface area contributed by atoms with Gasteiger partial charge in [-0.05, 0) is 68.6 Å². The second kappa shape index (κ2) is 9.21. The molecule has 1 aromatic carbocycles. The summed E-state index contributed by atoms with van der Waals surface area (Å²) in [4.78, 5) is 20.9. The van der Waals surface area contributed by atoms with Gasteiger partial charge in [0.05, 0.1) is 11.0 Å². The Morgan fingerprint density at radius 2 is 1.90 bits per heavy atom. The largest absolute Gasteiger partial charge is 0.370 e. The highest BCUT2D eigenvalue weighted by molar-refractivity contribution is 5.94. The number of imidazole rings is 1. The molecular formula is C21H30Cl2N4O2. The predicted octanol–water partition coefficient (Wildman–Crippen LogP) is 4.35. The summed E-state index contributed by atoms with van der Waals surface area (Å²) in [6, 6.07) is 6.18. The smallest absolute Gasteiger partial charge is 0.227 e. The van der Waals surface area contributed by atoms with Crippen molar-refractivity contribution in [1.29, 1.82) is 0 Å². The topological polar surface area (TPSA) is 93.0 Å². The Hall–Kier alpha value is -1.34. The molecule has 3 atom stereocenters. The van der Waals surface area contributed by atoms with Gasteiger partial charge in [-0.2, -0.15) is 0 Å². The highest BCUT2D eigenvalue weighted by atomic mass is 35.5. The number of ether oxygens (including phenoxy) is 1. The molecule has 2 heterocycles. The molecule has 2 bridgehead atoms. The van der Waals surface area contributed by atoms with Gasteiger partial charge in [-0.15, -0.1) is 24.8 Å². The Morgan fingerprint density at radius 1 is 1.14 bits per heavy atom. The molecule has 4 N–H and O–H groups in total. The Morgan fingerprint density at radius 3 is 2.59 bits per heavy atom. The minimum atomic E-state index is 0. The number of fused-ring (bicyclic) bond motifs is 3. The first kappa shape index (κ1) is 22.3. The van der Waals surface area contributed by atoms with Gasteiger partial charge in [-0.3, -0.25) is 4.79 Å². The Kier molecular flexibility index (Phi) is 7.10.